The molecule has 1 aliphatic rings. The third kappa shape index (κ3) is 3.68. The first-order valence-corrected chi connectivity index (χ1v) is 8.55. The van der Waals surface area contributed by atoms with Crippen LogP contribution in [0.25, 0.3) is 0 Å². The molecule has 1 aliphatic heterocycles. The molecule has 2 amide bonds. The number of amides is 2. The molecule has 8 nitrogen and oxygen atoms in total. The van der Waals surface area contributed by atoms with E-state index in [9.17, 15) is 9.59 Å². The van der Waals surface area contributed by atoms with Crippen molar-refractivity contribution in [3.05, 3.63) is 41.6 Å². The molecule has 0 radical (unpaired) electrons. The van der Waals surface area contributed by atoms with E-state index in [1.165, 1.54) is 0 Å². The topological polar surface area (TPSA) is 88.8 Å². The van der Waals surface area contributed by atoms with Gasteiger partial charge in [-0.25, -0.2) is 0 Å². The standard InChI is InChI=1S/C18H22N4O4/c1-12(2)15-19-20-16(26-15)18(24)22-10-8-21(9-11-22)17(23)13-4-6-14(25-3)7-5-13/h4-7,12H,8-11H2,1-3H3. The lowest BCUT2D eigenvalue weighted by molar-refractivity contribution is 0.0512. The van der Waals surface area contributed by atoms with Gasteiger partial charge in [-0.15, -0.1) is 10.2 Å². The molecule has 1 aromatic carbocycles. The SMILES string of the molecule is COc1ccc(C(=O)N2CCN(C(=O)c3nnc(C(C)C)o3)CC2)cc1. The smallest absolute Gasteiger partial charge is 0.311 e. The van der Waals surface area contributed by atoms with Crippen LogP contribution in [0.15, 0.2) is 28.7 Å². The van der Waals surface area contributed by atoms with Crippen LogP contribution in [-0.4, -0.2) is 65.1 Å². The Morgan fingerprint density at radius 2 is 1.58 bits per heavy atom. The number of methoxy groups -OCH3 is 1. The number of carbonyl (C=O) groups excluding carboxylic acids is 2. The van der Waals surface area contributed by atoms with Gasteiger partial charge in [0.05, 0.1) is 7.11 Å². The largest absolute Gasteiger partial charge is 0.497 e. The quantitative estimate of drug-likeness (QED) is 0.828. The number of piperazine rings is 1. The maximum atomic E-state index is 12.6. The molecule has 0 N–H and O–H groups in total. The van der Waals surface area contributed by atoms with E-state index in [2.05, 4.69) is 10.2 Å². The van der Waals surface area contributed by atoms with Crippen molar-refractivity contribution < 1.29 is 18.7 Å². The van der Waals surface area contributed by atoms with Crippen LogP contribution in [0.4, 0.5) is 0 Å². The second-order valence-electron chi connectivity index (χ2n) is 6.41. The summed E-state index contributed by atoms with van der Waals surface area (Å²) in [4.78, 5) is 28.4. The normalized spacial score (nSPS) is 14.6. The van der Waals surface area contributed by atoms with Gasteiger partial charge in [0, 0.05) is 37.7 Å². The van der Waals surface area contributed by atoms with Gasteiger partial charge in [0.1, 0.15) is 5.75 Å². The lowest BCUT2D eigenvalue weighted by atomic mass is 10.1. The van der Waals surface area contributed by atoms with Crippen LogP contribution < -0.4 is 4.74 Å². The Hall–Kier alpha value is -2.90. The highest BCUT2D eigenvalue weighted by molar-refractivity contribution is 5.95. The number of ether oxygens (including phenoxy) is 1. The summed E-state index contributed by atoms with van der Waals surface area (Å²) in [7, 11) is 1.58. The Morgan fingerprint density at radius 1 is 1.00 bits per heavy atom. The number of aromatic nitrogens is 2. The Bertz CT molecular complexity index is 777. The molecule has 0 spiro atoms. The van der Waals surface area contributed by atoms with E-state index in [1.807, 2.05) is 13.8 Å². The third-order valence-corrected chi connectivity index (χ3v) is 4.31. The molecule has 1 fully saturated rings. The van der Waals surface area contributed by atoms with Gasteiger partial charge in [-0.1, -0.05) is 13.8 Å². The van der Waals surface area contributed by atoms with Crippen molar-refractivity contribution in [2.45, 2.75) is 19.8 Å². The number of benzene rings is 1. The van der Waals surface area contributed by atoms with Crippen LogP contribution in [0.2, 0.25) is 0 Å². The minimum atomic E-state index is -0.291. The zero-order chi connectivity index (χ0) is 18.7. The van der Waals surface area contributed by atoms with E-state index < -0.39 is 0 Å². The number of hydrogen-bond acceptors (Lipinski definition) is 6. The number of rotatable bonds is 4. The summed E-state index contributed by atoms with van der Waals surface area (Å²) in [5.41, 5.74) is 0.601. The first-order valence-electron chi connectivity index (χ1n) is 8.55. The van der Waals surface area contributed by atoms with Crippen molar-refractivity contribution >= 4 is 11.8 Å². The minimum absolute atomic E-state index is 0.00336. The maximum Gasteiger partial charge on any atom is 0.311 e. The van der Waals surface area contributed by atoms with E-state index in [-0.39, 0.29) is 23.6 Å². The summed E-state index contributed by atoms with van der Waals surface area (Å²) in [6.07, 6.45) is 0. The lowest BCUT2D eigenvalue weighted by Gasteiger charge is -2.34. The van der Waals surface area contributed by atoms with Gasteiger partial charge in [-0.05, 0) is 24.3 Å². The van der Waals surface area contributed by atoms with E-state index in [4.69, 9.17) is 9.15 Å². The van der Waals surface area contributed by atoms with Gasteiger partial charge in [-0.3, -0.25) is 9.59 Å². The molecule has 0 aliphatic carbocycles. The van der Waals surface area contributed by atoms with Crippen LogP contribution in [0, 0.1) is 0 Å². The Labute approximate surface area is 151 Å². The molecule has 0 atom stereocenters. The zero-order valence-corrected chi connectivity index (χ0v) is 15.1. The van der Waals surface area contributed by atoms with Gasteiger partial charge in [0.2, 0.25) is 5.89 Å². The molecule has 138 valence electrons. The highest BCUT2D eigenvalue weighted by Crippen LogP contribution is 2.16. The molecule has 26 heavy (non-hydrogen) atoms. The summed E-state index contributed by atoms with van der Waals surface area (Å²) in [5, 5.41) is 7.72. The Balaban J connectivity index is 1.59. The highest BCUT2D eigenvalue weighted by Gasteiger charge is 2.28. The van der Waals surface area contributed by atoms with Gasteiger partial charge in [0.15, 0.2) is 0 Å². The fraction of sp³-hybridized carbons (Fsp3) is 0.444. The fourth-order valence-electron chi connectivity index (χ4n) is 2.72. The highest BCUT2D eigenvalue weighted by atomic mass is 16.5. The summed E-state index contributed by atoms with van der Waals surface area (Å²) >= 11 is 0. The fourth-order valence-corrected chi connectivity index (χ4v) is 2.72. The summed E-state index contributed by atoms with van der Waals surface area (Å²) < 4.78 is 10.5. The van der Waals surface area contributed by atoms with Gasteiger partial charge in [0.25, 0.3) is 5.91 Å². The predicted molar refractivity (Wildman–Crippen MR) is 93.2 cm³/mol. The monoisotopic (exact) mass is 358 g/mol. The first-order chi connectivity index (χ1) is 12.5. The molecule has 1 aromatic heterocycles. The third-order valence-electron chi connectivity index (χ3n) is 4.31. The number of carbonyl (C=O) groups is 2. The minimum Gasteiger partial charge on any atom is -0.497 e. The molecule has 8 heteroatoms. The first kappa shape index (κ1) is 17.9. The number of hydrogen-bond donors (Lipinski definition) is 0. The van der Waals surface area contributed by atoms with Crippen LogP contribution in [0.3, 0.4) is 0 Å². The lowest BCUT2D eigenvalue weighted by Crippen LogP contribution is -2.50. The van der Waals surface area contributed by atoms with Crippen LogP contribution in [0.5, 0.6) is 5.75 Å². The predicted octanol–water partition coefficient (Wildman–Crippen LogP) is 1.80. The van der Waals surface area contributed by atoms with Gasteiger partial charge in [-0.2, -0.15) is 0 Å². The average Bonchev–Trinajstić information content (AvgIpc) is 3.17. The van der Waals surface area contributed by atoms with Crippen molar-refractivity contribution in [3.63, 3.8) is 0 Å². The molecule has 1 saturated heterocycles. The van der Waals surface area contributed by atoms with Crippen molar-refractivity contribution in [1.82, 2.24) is 20.0 Å². The Morgan fingerprint density at radius 3 is 2.08 bits per heavy atom. The van der Waals surface area contributed by atoms with Crippen molar-refractivity contribution in [3.8, 4) is 5.75 Å². The molecule has 0 unspecified atom stereocenters. The maximum absolute atomic E-state index is 12.6. The summed E-state index contributed by atoms with van der Waals surface area (Å²) in [6, 6.07) is 7.00. The summed E-state index contributed by atoms with van der Waals surface area (Å²) in [5.74, 6) is 0.881. The zero-order valence-electron chi connectivity index (χ0n) is 15.1. The van der Waals surface area contributed by atoms with Crippen LogP contribution >= 0.6 is 0 Å². The van der Waals surface area contributed by atoms with Gasteiger partial charge >= 0.3 is 11.8 Å². The average molecular weight is 358 g/mol. The second kappa shape index (κ2) is 7.55. The molecule has 2 aromatic rings. The van der Waals surface area contributed by atoms with Crippen molar-refractivity contribution in [1.29, 1.82) is 0 Å². The van der Waals surface area contributed by atoms with Crippen molar-refractivity contribution in [2.75, 3.05) is 33.3 Å². The molecule has 2 heterocycles. The molecule has 3 rings (SSSR count). The molecular weight excluding hydrogens is 336 g/mol. The molecule has 0 saturated carbocycles. The van der Waals surface area contributed by atoms with E-state index in [1.54, 1.807) is 41.2 Å². The molecular formula is C18H22N4O4. The van der Waals surface area contributed by atoms with Gasteiger partial charge < -0.3 is 19.0 Å². The summed E-state index contributed by atoms with van der Waals surface area (Å²) in [6.45, 7) is 5.63. The van der Waals surface area contributed by atoms with Crippen LogP contribution in [0.1, 0.15) is 46.7 Å². The second-order valence-corrected chi connectivity index (χ2v) is 6.41. The molecule has 0 bridgehead atoms. The Kier molecular flexibility index (Phi) is 5.20. The van der Waals surface area contributed by atoms with E-state index in [0.717, 1.165) is 0 Å². The van der Waals surface area contributed by atoms with Crippen LogP contribution in [-0.2, 0) is 0 Å². The van der Waals surface area contributed by atoms with Crippen molar-refractivity contribution in [2.24, 2.45) is 0 Å². The van der Waals surface area contributed by atoms with E-state index >= 15 is 0 Å². The number of nitrogens with zero attached hydrogens (tertiary/aromatic N) is 4. The van der Waals surface area contributed by atoms with E-state index in [0.29, 0.717) is 43.4 Å².